The van der Waals surface area contributed by atoms with Gasteiger partial charge in [-0.05, 0) is 53.7 Å². The molecule has 204 valence electrons. The minimum absolute atomic E-state index is 0.00763. The lowest BCUT2D eigenvalue weighted by Gasteiger charge is -2.30. The monoisotopic (exact) mass is 557 g/mol. The Morgan fingerprint density at radius 3 is 2.87 bits per heavy atom. The molecule has 0 aliphatic heterocycles. The summed E-state index contributed by atoms with van der Waals surface area (Å²) in [5.74, 6) is -0.634. The summed E-state index contributed by atoms with van der Waals surface area (Å²) >= 11 is 6.35. The number of carbonyl (C=O) groups is 1. The number of amides is 1. The Morgan fingerprint density at radius 1 is 1.31 bits per heavy atom. The number of aromatic nitrogens is 3. The molecule has 2 heterocycles. The molecule has 0 bridgehead atoms. The van der Waals surface area contributed by atoms with Crippen LogP contribution in [0.4, 0.5) is 13.2 Å². The van der Waals surface area contributed by atoms with Crippen molar-refractivity contribution in [2.45, 2.75) is 38.0 Å². The second kappa shape index (κ2) is 10.9. The van der Waals surface area contributed by atoms with Crippen LogP contribution in [-0.2, 0) is 37.4 Å². The van der Waals surface area contributed by atoms with Crippen molar-refractivity contribution >= 4 is 34.5 Å². The quantitative estimate of drug-likeness (QED) is 0.145. The molecule has 1 atom stereocenters. The maximum atomic E-state index is 13.9. The molecular formula is C28H27ClF3N5O2. The molecule has 1 amide bonds. The van der Waals surface area contributed by atoms with Crippen molar-refractivity contribution in [3.63, 3.8) is 0 Å². The lowest BCUT2D eigenvalue weighted by atomic mass is 10.0. The smallest absolute Gasteiger partial charge is 0.361 e. The van der Waals surface area contributed by atoms with Crippen LogP contribution in [0.2, 0.25) is 5.15 Å². The highest BCUT2D eigenvalue weighted by Crippen LogP contribution is 2.40. The van der Waals surface area contributed by atoms with E-state index in [1.165, 1.54) is 13.1 Å². The number of aryl methyl sites for hydroxylation is 2. The van der Waals surface area contributed by atoms with E-state index in [1.807, 2.05) is 48.7 Å². The van der Waals surface area contributed by atoms with E-state index in [0.29, 0.717) is 13.0 Å². The molecule has 0 spiro atoms. The van der Waals surface area contributed by atoms with Crippen LogP contribution < -0.4 is 5.48 Å². The molecule has 0 radical (unpaired) electrons. The number of H-pyrrole nitrogens is 1. The summed E-state index contributed by atoms with van der Waals surface area (Å²) in [6.45, 7) is 0.499. The van der Waals surface area contributed by atoms with Gasteiger partial charge in [0.15, 0.2) is 5.69 Å². The van der Waals surface area contributed by atoms with E-state index in [9.17, 15) is 18.0 Å². The predicted octanol–water partition coefficient (Wildman–Crippen LogP) is 5.82. The third-order valence-electron chi connectivity index (χ3n) is 7.23. The number of hydrogen-bond donors (Lipinski definition) is 3. The van der Waals surface area contributed by atoms with E-state index in [2.05, 4.69) is 15.0 Å². The minimum Gasteiger partial charge on any atom is -0.361 e. The van der Waals surface area contributed by atoms with Crippen molar-refractivity contribution in [2.24, 2.45) is 7.05 Å². The molecule has 5 rings (SSSR count). The Hall–Kier alpha value is -3.60. The lowest BCUT2D eigenvalue weighted by Crippen LogP contribution is -2.30. The highest BCUT2D eigenvalue weighted by atomic mass is 35.5. The Morgan fingerprint density at radius 2 is 2.10 bits per heavy atom. The van der Waals surface area contributed by atoms with Gasteiger partial charge in [-0.1, -0.05) is 48.0 Å². The molecule has 4 aromatic rings. The van der Waals surface area contributed by atoms with E-state index in [0.717, 1.165) is 50.7 Å². The fourth-order valence-electron chi connectivity index (χ4n) is 5.37. The number of carbonyl (C=O) groups excluding carboxylic acids is 1. The van der Waals surface area contributed by atoms with Crippen molar-refractivity contribution in [2.75, 3.05) is 6.54 Å². The standard InChI is InChI=1S/C28H27ClF3N5O2/c1-36-27(29)22(26(34-36)28(30,31)32)16-37(13-12-19-15-33-23-5-3-2-4-20(19)23)24-10-8-18-14-17(6-9-21(18)24)7-11-25(38)35-39/h2-7,9,11,14-15,24,33,39H,8,10,12-13,16H2,1H3,(H,35,38)/b11-7+. The SMILES string of the molecule is Cn1nc(C(F)(F)F)c(CN(CCc2c[nH]c3ccccc23)C2CCc3cc(/C=C/C(=O)NO)ccc32)c1Cl. The van der Waals surface area contributed by atoms with Crippen LogP contribution in [0.3, 0.4) is 0 Å². The van der Waals surface area contributed by atoms with Crippen LogP contribution in [0.5, 0.6) is 0 Å². The van der Waals surface area contributed by atoms with Crippen LogP contribution in [0.15, 0.2) is 54.7 Å². The second-order valence-electron chi connectivity index (χ2n) is 9.64. The summed E-state index contributed by atoms with van der Waals surface area (Å²) in [6, 6.07) is 13.6. The molecule has 1 aliphatic rings. The zero-order valence-corrected chi connectivity index (χ0v) is 21.9. The number of benzene rings is 2. The van der Waals surface area contributed by atoms with Crippen LogP contribution in [-0.4, -0.2) is 37.3 Å². The zero-order chi connectivity index (χ0) is 27.7. The molecule has 3 N–H and O–H groups in total. The van der Waals surface area contributed by atoms with E-state index in [4.69, 9.17) is 16.8 Å². The predicted molar refractivity (Wildman–Crippen MR) is 142 cm³/mol. The fraction of sp³-hybridized carbons (Fsp3) is 0.286. The highest BCUT2D eigenvalue weighted by molar-refractivity contribution is 6.30. The summed E-state index contributed by atoms with van der Waals surface area (Å²) < 4.78 is 42.7. The Bertz CT molecular complexity index is 1540. The van der Waals surface area contributed by atoms with Gasteiger partial charge in [-0.3, -0.25) is 19.6 Å². The largest absolute Gasteiger partial charge is 0.435 e. The third kappa shape index (κ3) is 5.59. The average molecular weight is 558 g/mol. The van der Waals surface area contributed by atoms with Crippen LogP contribution in [0.1, 0.15) is 46.0 Å². The number of nitrogens with zero attached hydrogens (tertiary/aromatic N) is 3. The maximum absolute atomic E-state index is 13.9. The molecule has 1 aliphatic carbocycles. The Labute approximate surface area is 227 Å². The van der Waals surface area contributed by atoms with E-state index in [1.54, 1.807) is 11.6 Å². The van der Waals surface area contributed by atoms with Gasteiger partial charge in [0, 0.05) is 54.9 Å². The zero-order valence-electron chi connectivity index (χ0n) is 21.1. The van der Waals surface area contributed by atoms with Crippen molar-refractivity contribution in [3.8, 4) is 0 Å². The van der Waals surface area contributed by atoms with Gasteiger partial charge in [-0.15, -0.1) is 0 Å². The molecule has 7 nitrogen and oxygen atoms in total. The summed E-state index contributed by atoms with van der Waals surface area (Å²) in [5.41, 5.74) is 5.55. The van der Waals surface area contributed by atoms with Gasteiger partial charge < -0.3 is 4.98 Å². The van der Waals surface area contributed by atoms with Crippen molar-refractivity contribution in [1.82, 2.24) is 25.1 Å². The molecule has 0 saturated heterocycles. The van der Waals surface area contributed by atoms with Crippen LogP contribution in [0, 0.1) is 0 Å². The van der Waals surface area contributed by atoms with Gasteiger partial charge in [0.25, 0.3) is 5.91 Å². The van der Waals surface area contributed by atoms with Gasteiger partial charge in [-0.25, -0.2) is 5.48 Å². The number of alkyl halides is 3. The summed E-state index contributed by atoms with van der Waals surface area (Å²) in [6.07, 6.45) is 2.25. The van der Waals surface area contributed by atoms with Crippen molar-refractivity contribution < 1.29 is 23.2 Å². The van der Waals surface area contributed by atoms with E-state index in [-0.39, 0.29) is 23.3 Å². The third-order valence-corrected chi connectivity index (χ3v) is 7.71. The fourth-order valence-corrected chi connectivity index (χ4v) is 5.56. The molecular weight excluding hydrogens is 531 g/mol. The minimum atomic E-state index is -4.63. The second-order valence-corrected chi connectivity index (χ2v) is 10.00. The number of para-hydroxylation sites is 1. The Kier molecular flexibility index (Phi) is 7.53. The van der Waals surface area contributed by atoms with Gasteiger partial charge in [0.2, 0.25) is 0 Å². The first kappa shape index (κ1) is 27.0. The maximum Gasteiger partial charge on any atom is 0.435 e. The van der Waals surface area contributed by atoms with Gasteiger partial charge in [0.1, 0.15) is 5.15 Å². The first-order chi connectivity index (χ1) is 18.7. The normalized spacial score (nSPS) is 15.5. The number of rotatable bonds is 8. The Balaban J connectivity index is 1.47. The lowest BCUT2D eigenvalue weighted by molar-refractivity contribution is -0.142. The average Bonchev–Trinajstić information content (AvgIpc) is 3.61. The van der Waals surface area contributed by atoms with Gasteiger partial charge >= 0.3 is 6.18 Å². The number of aromatic amines is 1. The number of halogens is 4. The van der Waals surface area contributed by atoms with E-state index < -0.39 is 17.8 Å². The van der Waals surface area contributed by atoms with Crippen molar-refractivity contribution in [3.05, 3.63) is 93.4 Å². The van der Waals surface area contributed by atoms with Crippen LogP contribution in [0.25, 0.3) is 17.0 Å². The summed E-state index contributed by atoms with van der Waals surface area (Å²) in [7, 11) is 1.41. The topological polar surface area (TPSA) is 86.2 Å². The number of nitrogens with one attached hydrogen (secondary N) is 2. The van der Waals surface area contributed by atoms with Gasteiger partial charge in [0.05, 0.1) is 0 Å². The van der Waals surface area contributed by atoms with Gasteiger partial charge in [-0.2, -0.15) is 18.3 Å². The number of hydroxylamine groups is 1. The molecule has 11 heteroatoms. The number of hydrogen-bond acceptors (Lipinski definition) is 4. The molecule has 0 fully saturated rings. The van der Waals surface area contributed by atoms with Crippen molar-refractivity contribution in [1.29, 1.82) is 0 Å². The molecule has 2 aromatic heterocycles. The van der Waals surface area contributed by atoms with Crippen LogP contribution >= 0.6 is 11.6 Å². The first-order valence-electron chi connectivity index (χ1n) is 12.5. The first-order valence-corrected chi connectivity index (χ1v) is 12.9. The summed E-state index contributed by atoms with van der Waals surface area (Å²) in [4.78, 5) is 16.7. The molecule has 2 aromatic carbocycles. The molecule has 39 heavy (non-hydrogen) atoms. The number of fused-ring (bicyclic) bond motifs is 2. The van der Waals surface area contributed by atoms with E-state index >= 15 is 0 Å². The molecule has 0 saturated carbocycles. The highest BCUT2D eigenvalue weighted by Gasteiger charge is 2.40. The summed E-state index contributed by atoms with van der Waals surface area (Å²) in [5, 5.41) is 13.4. The molecule has 1 unspecified atom stereocenters.